The van der Waals surface area contributed by atoms with Gasteiger partial charge >= 0.3 is 6.03 Å². The van der Waals surface area contributed by atoms with Gasteiger partial charge in [-0.25, -0.2) is 14.1 Å². The van der Waals surface area contributed by atoms with Crippen LogP contribution < -0.4 is 5.73 Å². The van der Waals surface area contributed by atoms with Gasteiger partial charge in [-0.15, -0.1) is 5.01 Å². The lowest BCUT2D eigenvalue weighted by atomic mass is 10.3. The smallest absolute Gasteiger partial charge is 0.342 e. The maximum Gasteiger partial charge on any atom is 0.342 e. The zero-order valence-electron chi connectivity index (χ0n) is 18.3. The number of hydrogen-bond acceptors (Lipinski definition) is 6. The van der Waals surface area contributed by atoms with Gasteiger partial charge in [-0.1, -0.05) is 0 Å². The summed E-state index contributed by atoms with van der Waals surface area (Å²) < 4.78 is 10.8. The molecule has 1 aliphatic heterocycles. The Morgan fingerprint density at radius 1 is 1.00 bits per heavy atom. The molecule has 156 valence electrons. The van der Waals surface area contributed by atoms with Crippen LogP contribution in [-0.2, 0) is 9.32 Å². The Morgan fingerprint density at radius 3 is 1.59 bits per heavy atom. The molecular formula is C18H36N5O3P. The second kappa shape index (κ2) is 8.86. The number of amides is 3. The lowest BCUT2D eigenvalue weighted by molar-refractivity contribution is -0.120. The molecule has 0 saturated heterocycles. The van der Waals surface area contributed by atoms with E-state index < -0.39 is 19.4 Å². The van der Waals surface area contributed by atoms with Crippen LogP contribution in [0, 0.1) is 0 Å². The lowest BCUT2D eigenvalue weighted by Gasteiger charge is -2.51. The summed E-state index contributed by atoms with van der Waals surface area (Å²) in [5, 5.41) is 5.33. The third-order valence-corrected chi connectivity index (χ3v) is 9.19. The van der Waals surface area contributed by atoms with Crippen molar-refractivity contribution in [3.05, 3.63) is 0 Å². The molecule has 9 heteroatoms. The number of hydrazone groups is 1. The largest absolute Gasteiger partial charge is 0.350 e. The molecule has 0 aromatic heterocycles. The first-order valence-corrected chi connectivity index (χ1v) is 11.0. The van der Waals surface area contributed by atoms with E-state index in [1.807, 2.05) is 0 Å². The summed E-state index contributed by atoms with van der Waals surface area (Å²) in [4.78, 5) is 25.0. The van der Waals surface area contributed by atoms with Crippen LogP contribution in [0.5, 0.6) is 0 Å². The maximum atomic E-state index is 13.2. The molecule has 1 heterocycles. The third-order valence-electron chi connectivity index (χ3n) is 4.48. The van der Waals surface area contributed by atoms with Crippen molar-refractivity contribution in [3.63, 3.8) is 0 Å². The maximum absolute atomic E-state index is 13.2. The highest BCUT2D eigenvalue weighted by Gasteiger charge is 2.48. The van der Waals surface area contributed by atoms with Crippen molar-refractivity contribution >= 4 is 30.4 Å². The molecule has 1 aliphatic rings. The van der Waals surface area contributed by atoms with Gasteiger partial charge in [-0.05, 0) is 62.3 Å². The first-order valence-electron chi connectivity index (χ1n) is 9.43. The number of primary amides is 1. The summed E-state index contributed by atoms with van der Waals surface area (Å²) >= 11 is 0. The summed E-state index contributed by atoms with van der Waals surface area (Å²) in [6, 6.07) is -0.462. The molecule has 8 nitrogen and oxygen atoms in total. The van der Waals surface area contributed by atoms with Gasteiger partial charge in [0.25, 0.3) is 5.91 Å². The predicted molar refractivity (Wildman–Crippen MR) is 113 cm³/mol. The van der Waals surface area contributed by atoms with Gasteiger partial charge in [0.05, 0.1) is 5.71 Å². The van der Waals surface area contributed by atoms with Crippen LogP contribution in [0.25, 0.3) is 0 Å². The lowest BCUT2D eigenvalue weighted by Crippen LogP contribution is -2.49. The summed E-state index contributed by atoms with van der Waals surface area (Å²) in [7, 11) is -1.16. The molecule has 0 bridgehead atoms. The predicted octanol–water partition coefficient (Wildman–Crippen LogP) is 3.10. The highest BCUT2D eigenvalue weighted by molar-refractivity contribution is 7.71. The SMILES string of the molecule is COP(=C1C(=O)N(C(N)=O)N=C1C)(N(C(C)C)C(C)C)N(C(C)C)C(C)C. The van der Waals surface area contributed by atoms with E-state index in [1.165, 1.54) is 0 Å². The Labute approximate surface area is 163 Å². The molecule has 2 N–H and O–H groups in total. The van der Waals surface area contributed by atoms with Gasteiger partial charge in [-0.3, -0.25) is 4.79 Å². The van der Waals surface area contributed by atoms with Crippen LogP contribution in [0.1, 0.15) is 62.3 Å². The minimum atomic E-state index is -2.81. The Bertz CT molecular complexity index is 630. The molecular weight excluding hydrogens is 365 g/mol. The molecule has 0 unspecified atom stereocenters. The second-order valence-electron chi connectivity index (χ2n) is 7.85. The van der Waals surface area contributed by atoms with Crippen molar-refractivity contribution in [2.75, 3.05) is 7.11 Å². The molecule has 0 saturated carbocycles. The van der Waals surface area contributed by atoms with Gasteiger partial charge in [0.2, 0.25) is 0 Å². The van der Waals surface area contributed by atoms with Gasteiger partial charge < -0.3 is 10.3 Å². The molecule has 0 fully saturated rings. The number of carbonyl (C=O) groups is 2. The number of imide groups is 1. The normalized spacial score (nSPS) is 16.1. The van der Waals surface area contributed by atoms with E-state index >= 15 is 0 Å². The van der Waals surface area contributed by atoms with Gasteiger partial charge in [0, 0.05) is 31.3 Å². The van der Waals surface area contributed by atoms with Crippen LogP contribution in [-0.4, -0.2) is 68.6 Å². The van der Waals surface area contributed by atoms with Crippen molar-refractivity contribution in [2.24, 2.45) is 10.8 Å². The fourth-order valence-corrected chi connectivity index (χ4v) is 8.63. The van der Waals surface area contributed by atoms with Gasteiger partial charge in [0.1, 0.15) is 5.29 Å². The number of urea groups is 1. The molecule has 0 spiro atoms. The van der Waals surface area contributed by atoms with Crippen LogP contribution in [0.15, 0.2) is 5.10 Å². The fourth-order valence-electron chi connectivity index (χ4n) is 4.06. The van der Waals surface area contributed by atoms with E-state index in [9.17, 15) is 9.59 Å². The standard InChI is InChI=1S/C18H36N5O3P/c1-11(2)22(12(3)4)27(26-10,23(13(5)6)14(7)8)16-15(9)20-21(17(16)24)18(19)25/h11-14H,1-10H3,(H2,19,25). The molecule has 27 heavy (non-hydrogen) atoms. The van der Waals surface area contributed by atoms with Crippen molar-refractivity contribution in [1.29, 1.82) is 0 Å². The number of rotatable bonds is 7. The van der Waals surface area contributed by atoms with E-state index in [1.54, 1.807) is 14.0 Å². The van der Waals surface area contributed by atoms with Crippen LogP contribution in [0.3, 0.4) is 0 Å². The van der Waals surface area contributed by atoms with Crippen LogP contribution in [0.4, 0.5) is 4.79 Å². The minimum Gasteiger partial charge on any atom is -0.350 e. The summed E-state index contributed by atoms with van der Waals surface area (Å²) in [6.45, 7) is 18.4. The van der Waals surface area contributed by atoms with E-state index in [0.717, 1.165) is 5.01 Å². The molecule has 1 rings (SSSR count). The summed E-state index contributed by atoms with van der Waals surface area (Å²) in [6.07, 6.45) is 0. The molecule has 0 aromatic carbocycles. The Hall–Kier alpha value is -1.21. The third kappa shape index (κ3) is 4.14. The van der Waals surface area contributed by atoms with E-state index in [2.05, 4.69) is 69.8 Å². The molecule has 3 amide bonds. The Morgan fingerprint density at radius 2 is 1.37 bits per heavy atom. The average Bonchev–Trinajstić information content (AvgIpc) is 2.80. The highest BCUT2D eigenvalue weighted by Crippen LogP contribution is 2.61. The highest BCUT2D eigenvalue weighted by atomic mass is 31.2. The Balaban J connectivity index is 4.08. The Kier molecular flexibility index (Phi) is 7.82. The summed E-state index contributed by atoms with van der Waals surface area (Å²) in [5.74, 6) is -0.493. The number of carbonyl (C=O) groups excluding carboxylic acids is 2. The van der Waals surface area contributed by atoms with E-state index in [0.29, 0.717) is 11.0 Å². The zero-order valence-corrected chi connectivity index (χ0v) is 19.2. The molecule has 0 atom stereocenters. The van der Waals surface area contributed by atoms with Crippen molar-refractivity contribution in [2.45, 2.75) is 86.5 Å². The molecule has 0 aromatic rings. The monoisotopic (exact) mass is 401 g/mol. The van der Waals surface area contributed by atoms with E-state index in [-0.39, 0.29) is 24.2 Å². The fraction of sp³-hybridized carbons (Fsp3) is 0.778. The van der Waals surface area contributed by atoms with Crippen molar-refractivity contribution in [1.82, 2.24) is 14.3 Å². The first kappa shape index (κ1) is 23.8. The van der Waals surface area contributed by atoms with Gasteiger partial charge in [0.15, 0.2) is 7.41 Å². The van der Waals surface area contributed by atoms with Crippen LogP contribution >= 0.6 is 7.41 Å². The number of hydrogen-bond donors (Lipinski definition) is 1. The second-order valence-corrected chi connectivity index (χ2v) is 10.7. The quantitative estimate of drug-likeness (QED) is 0.662. The summed E-state index contributed by atoms with van der Waals surface area (Å²) in [5.41, 5.74) is 5.86. The molecule has 0 radical (unpaired) electrons. The topological polar surface area (TPSA) is 91.5 Å². The minimum absolute atomic E-state index is 0.106. The van der Waals surface area contributed by atoms with Crippen molar-refractivity contribution in [3.8, 4) is 0 Å². The van der Waals surface area contributed by atoms with Gasteiger partial charge in [-0.2, -0.15) is 5.10 Å². The average molecular weight is 401 g/mol. The number of nitrogens with zero attached hydrogens (tertiary/aromatic N) is 4. The van der Waals surface area contributed by atoms with E-state index in [4.69, 9.17) is 10.3 Å². The number of nitrogens with two attached hydrogens (primary N) is 1. The molecule has 0 aliphatic carbocycles. The van der Waals surface area contributed by atoms with Crippen LogP contribution in [0.2, 0.25) is 0 Å². The van der Waals surface area contributed by atoms with Crippen molar-refractivity contribution < 1.29 is 14.1 Å². The first-order chi connectivity index (χ1) is 12.3. The zero-order chi connectivity index (χ0) is 21.3.